The minimum absolute atomic E-state index is 0.0568. The van der Waals surface area contributed by atoms with E-state index in [0.717, 1.165) is 5.56 Å². The van der Waals surface area contributed by atoms with Crippen LogP contribution in [0.25, 0.3) is 0 Å². The fraction of sp³-hybridized carbons (Fsp3) is 0.545. The molecule has 1 unspecified atom stereocenters. The van der Waals surface area contributed by atoms with Gasteiger partial charge < -0.3 is 50.0 Å². The maximum absolute atomic E-state index is 12.7. The first-order valence-electron chi connectivity index (χ1n) is 16.1. The van der Waals surface area contributed by atoms with Crippen molar-refractivity contribution in [2.45, 2.75) is 57.1 Å². The number of nitrogens with two attached hydrogens (primary N) is 1. The molecule has 274 valence electrons. The molecule has 0 aliphatic rings. The maximum atomic E-state index is 12.7. The van der Waals surface area contributed by atoms with Crippen molar-refractivity contribution >= 4 is 28.0 Å². The van der Waals surface area contributed by atoms with Crippen molar-refractivity contribution in [3.05, 3.63) is 59.2 Å². The second kappa shape index (κ2) is 23.5. The molecular weight excluding hydrogens is 660 g/mol. The molecule has 2 amide bonds. The average Bonchev–Trinajstić information content (AvgIpc) is 3.06. The predicted octanol–water partition coefficient (Wildman–Crippen LogP) is 0.691. The molecule has 16 heteroatoms. The summed E-state index contributed by atoms with van der Waals surface area (Å²) in [6.07, 6.45) is 1.56. The third kappa shape index (κ3) is 17.4. The van der Waals surface area contributed by atoms with Gasteiger partial charge in [0.2, 0.25) is 15.9 Å². The van der Waals surface area contributed by atoms with Crippen LogP contribution < -0.4 is 30.9 Å². The van der Waals surface area contributed by atoms with Gasteiger partial charge >= 0.3 is 6.09 Å². The second-order valence-corrected chi connectivity index (χ2v) is 12.6. The Morgan fingerprint density at radius 1 is 0.816 bits per heavy atom. The highest BCUT2D eigenvalue weighted by Crippen LogP contribution is 2.26. The summed E-state index contributed by atoms with van der Waals surface area (Å²) in [6.45, 7) is 6.79. The zero-order chi connectivity index (χ0) is 35.9. The lowest BCUT2D eigenvalue weighted by Gasteiger charge is -2.20. The molecule has 49 heavy (non-hydrogen) atoms. The number of hydrogen-bond acceptors (Lipinski definition) is 12. The fourth-order valence-electron chi connectivity index (χ4n) is 4.45. The highest BCUT2D eigenvalue weighted by atomic mass is 32.2. The molecule has 0 bridgehead atoms. The molecule has 0 spiro atoms. The number of carboxylic acids is 1. The number of hydrogen-bond donors (Lipinski definition) is 4. The third-order valence-electron chi connectivity index (χ3n) is 6.82. The van der Waals surface area contributed by atoms with Gasteiger partial charge in [-0.3, -0.25) is 4.79 Å². The number of amides is 2. The van der Waals surface area contributed by atoms with Crippen LogP contribution in [-0.2, 0) is 45.2 Å². The normalized spacial score (nSPS) is 11.9. The fourth-order valence-corrected chi connectivity index (χ4v) is 6.10. The maximum Gasteiger partial charge on any atom is 0.407 e. The topological polar surface area (TPSA) is 217 Å². The number of sulfonamides is 1. The smallest absolute Gasteiger partial charge is 0.407 e. The predicted molar refractivity (Wildman–Crippen MR) is 178 cm³/mol. The van der Waals surface area contributed by atoms with Crippen LogP contribution in [0.4, 0.5) is 4.79 Å². The Balaban J connectivity index is 1.42. The number of alkyl carbamates (subject to hydrolysis) is 1. The Hall–Kier alpha value is -3.80. The van der Waals surface area contributed by atoms with Crippen LogP contribution in [0.1, 0.15) is 42.4 Å². The first-order chi connectivity index (χ1) is 23.5. The number of benzene rings is 2. The van der Waals surface area contributed by atoms with Crippen molar-refractivity contribution in [1.29, 1.82) is 0 Å². The van der Waals surface area contributed by atoms with E-state index in [1.54, 1.807) is 13.8 Å². The van der Waals surface area contributed by atoms with E-state index in [1.165, 1.54) is 12.1 Å². The monoisotopic (exact) mass is 709 g/mol. The van der Waals surface area contributed by atoms with E-state index < -0.39 is 34.7 Å². The third-order valence-corrected chi connectivity index (χ3v) is 8.59. The largest absolute Gasteiger partial charge is 0.548 e. The van der Waals surface area contributed by atoms with Crippen LogP contribution in [0.2, 0.25) is 0 Å². The van der Waals surface area contributed by atoms with Gasteiger partial charge in [-0.1, -0.05) is 30.3 Å². The van der Waals surface area contributed by atoms with Crippen molar-refractivity contribution in [3.63, 3.8) is 0 Å². The molecule has 0 aromatic heterocycles. The SMILES string of the molecule is Cc1cc(OCCCC(=O)NCCCOCCOCCOCCCNC(=O)OCc2ccccc2)cc(C)c1S(=O)(=O)NC(CN)C(=O)[O-]. The zero-order valence-electron chi connectivity index (χ0n) is 28.2. The van der Waals surface area contributed by atoms with E-state index in [4.69, 9.17) is 29.4 Å². The zero-order valence-corrected chi connectivity index (χ0v) is 29.0. The number of rotatable bonds is 26. The Kier molecular flexibility index (Phi) is 19.9. The standard InChI is InChI=1S/C33H50N4O11S/c1-25-21-28(22-26(2)31(25)49(42,43)37-29(23-34)32(39)40)47-16-6-11-30(38)35-12-7-14-44-17-19-46-20-18-45-15-8-13-36-33(41)48-24-27-9-4-3-5-10-27/h3-5,9-10,21-22,29,37H,6-8,11-20,23-24,34H2,1-2H3,(H,35,38)(H,36,41)(H,39,40)/p-1. The van der Waals surface area contributed by atoms with E-state index in [-0.39, 0.29) is 30.4 Å². The number of carbonyl (C=O) groups is 3. The lowest BCUT2D eigenvalue weighted by molar-refractivity contribution is -0.307. The average molecular weight is 710 g/mol. The molecule has 2 rings (SSSR count). The van der Waals surface area contributed by atoms with E-state index in [0.29, 0.717) is 88.9 Å². The van der Waals surface area contributed by atoms with E-state index in [2.05, 4.69) is 15.4 Å². The molecule has 0 saturated carbocycles. The minimum atomic E-state index is -4.16. The molecule has 15 nitrogen and oxygen atoms in total. The highest BCUT2D eigenvalue weighted by Gasteiger charge is 2.24. The molecule has 0 heterocycles. The summed E-state index contributed by atoms with van der Waals surface area (Å²) >= 11 is 0. The summed E-state index contributed by atoms with van der Waals surface area (Å²) in [5.41, 5.74) is 7.00. The van der Waals surface area contributed by atoms with Crippen molar-refractivity contribution in [2.24, 2.45) is 5.73 Å². The summed E-state index contributed by atoms with van der Waals surface area (Å²) < 4.78 is 54.8. The van der Waals surface area contributed by atoms with Crippen LogP contribution in [0.5, 0.6) is 5.75 Å². The number of nitrogens with one attached hydrogen (secondary N) is 3. The minimum Gasteiger partial charge on any atom is -0.548 e. The summed E-state index contributed by atoms with van der Waals surface area (Å²) in [4.78, 5) is 34.8. The number of carbonyl (C=O) groups excluding carboxylic acids is 3. The molecule has 2 aromatic carbocycles. The quantitative estimate of drug-likeness (QED) is 0.0993. The first-order valence-corrected chi connectivity index (χ1v) is 17.6. The summed E-state index contributed by atoms with van der Waals surface area (Å²) in [5.74, 6) is -1.30. The van der Waals surface area contributed by atoms with Gasteiger partial charge in [-0.25, -0.2) is 17.9 Å². The second-order valence-electron chi connectivity index (χ2n) is 10.9. The lowest BCUT2D eigenvalue weighted by atomic mass is 10.1. The van der Waals surface area contributed by atoms with Gasteiger partial charge in [0.05, 0.1) is 49.9 Å². The number of ether oxygens (including phenoxy) is 5. The van der Waals surface area contributed by atoms with Crippen molar-refractivity contribution in [1.82, 2.24) is 15.4 Å². The van der Waals surface area contributed by atoms with Gasteiger partial charge in [0.15, 0.2) is 0 Å². The van der Waals surface area contributed by atoms with Crippen LogP contribution in [0.3, 0.4) is 0 Å². The Labute approximate surface area is 288 Å². The van der Waals surface area contributed by atoms with E-state index in [9.17, 15) is 27.9 Å². The van der Waals surface area contributed by atoms with Gasteiger partial charge in [0.1, 0.15) is 12.4 Å². The highest BCUT2D eigenvalue weighted by molar-refractivity contribution is 7.89. The van der Waals surface area contributed by atoms with E-state index >= 15 is 0 Å². The molecule has 5 N–H and O–H groups in total. The molecule has 0 fully saturated rings. The number of aryl methyl sites for hydroxylation is 2. The molecular formula is C33H49N4O11S-. The Bertz CT molecular complexity index is 1370. The van der Waals surface area contributed by atoms with Crippen LogP contribution in [0, 0.1) is 13.8 Å². The number of carboxylic acid groups (broad SMARTS) is 1. The lowest BCUT2D eigenvalue weighted by Crippen LogP contribution is -2.51. The molecule has 0 saturated heterocycles. The van der Waals surface area contributed by atoms with Crippen molar-refractivity contribution in [3.8, 4) is 5.75 Å². The molecule has 0 aliphatic carbocycles. The molecule has 0 radical (unpaired) electrons. The summed E-state index contributed by atoms with van der Waals surface area (Å²) in [5, 5.41) is 16.6. The van der Waals surface area contributed by atoms with Gasteiger partial charge in [-0.15, -0.1) is 0 Å². The Morgan fingerprint density at radius 3 is 1.96 bits per heavy atom. The van der Waals surface area contributed by atoms with E-state index in [1.807, 2.05) is 30.3 Å². The molecule has 0 aliphatic heterocycles. The van der Waals surface area contributed by atoms with Crippen LogP contribution in [0.15, 0.2) is 47.4 Å². The van der Waals surface area contributed by atoms with Gasteiger partial charge in [-0.05, 0) is 61.9 Å². The van der Waals surface area contributed by atoms with Gasteiger partial charge in [0, 0.05) is 39.3 Å². The summed E-state index contributed by atoms with van der Waals surface area (Å²) in [7, 11) is -4.16. The van der Waals surface area contributed by atoms with Crippen LogP contribution in [-0.4, -0.2) is 98.3 Å². The van der Waals surface area contributed by atoms with Gasteiger partial charge in [-0.2, -0.15) is 0 Å². The van der Waals surface area contributed by atoms with Crippen LogP contribution >= 0.6 is 0 Å². The number of aliphatic carboxylic acids is 1. The Morgan fingerprint density at radius 2 is 1.39 bits per heavy atom. The van der Waals surface area contributed by atoms with Crippen molar-refractivity contribution in [2.75, 3.05) is 65.9 Å². The molecule has 1 atom stereocenters. The summed E-state index contributed by atoms with van der Waals surface area (Å²) in [6, 6.07) is 11.0. The molecule has 2 aromatic rings. The van der Waals surface area contributed by atoms with Crippen molar-refractivity contribution < 1.29 is 51.6 Å². The van der Waals surface area contributed by atoms with Gasteiger partial charge in [0.25, 0.3) is 0 Å². The first kappa shape index (κ1) is 41.4.